The van der Waals surface area contributed by atoms with Crippen LogP contribution in [0, 0.1) is 5.82 Å². The average Bonchev–Trinajstić information content (AvgIpc) is 2.32. The first-order valence-corrected chi connectivity index (χ1v) is 5.43. The Hall–Kier alpha value is -1.46. The molecule has 0 unspecified atom stereocenters. The van der Waals surface area contributed by atoms with E-state index in [1.165, 1.54) is 12.1 Å². The molecule has 4 nitrogen and oxygen atoms in total. The highest BCUT2D eigenvalue weighted by molar-refractivity contribution is 5.77. The van der Waals surface area contributed by atoms with E-state index < -0.39 is 0 Å². The summed E-state index contributed by atoms with van der Waals surface area (Å²) in [5.74, 6) is -0.338. The second-order valence-electron chi connectivity index (χ2n) is 3.57. The molecule has 94 valence electrons. The van der Waals surface area contributed by atoms with Crippen molar-refractivity contribution in [3.05, 3.63) is 35.6 Å². The maximum Gasteiger partial charge on any atom is 0.234 e. The summed E-state index contributed by atoms with van der Waals surface area (Å²) < 4.78 is 17.4. The predicted molar refractivity (Wildman–Crippen MR) is 63.0 cm³/mol. The summed E-state index contributed by atoms with van der Waals surface area (Å²) in [6.45, 7) is 1.79. The minimum Gasteiger partial charge on any atom is -0.383 e. The number of hydrogen-bond donors (Lipinski definition) is 2. The Kier molecular flexibility index (Phi) is 6.21. The molecule has 0 atom stereocenters. The number of halogens is 1. The van der Waals surface area contributed by atoms with Gasteiger partial charge in [0, 0.05) is 20.2 Å². The van der Waals surface area contributed by atoms with Gasteiger partial charge in [0.2, 0.25) is 5.91 Å². The van der Waals surface area contributed by atoms with Gasteiger partial charge in [0.05, 0.1) is 13.2 Å². The SMILES string of the molecule is COCCNC(=O)CNCc1ccc(F)cc1. The third-order valence-electron chi connectivity index (χ3n) is 2.16. The van der Waals surface area contributed by atoms with Crippen molar-refractivity contribution in [1.82, 2.24) is 10.6 Å². The number of hydrogen-bond acceptors (Lipinski definition) is 3. The Morgan fingerprint density at radius 1 is 1.35 bits per heavy atom. The van der Waals surface area contributed by atoms with Crippen LogP contribution in [0.15, 0.2) is 24.3 Å². The second kappa shape index (κ2) is 7.76. The van der Waals surface area contributed by atoms with E-state index in [0.717, 1.165) is 5.56 Å². The summed E-state index contributed by atoms with van der Waals surface area (Å²) >= 11 is 0. The molecular formula is C12H17FN2O2. The van der Waals surface area contributed by atoms with Crippen LogP contribution in [-0.2, 0) is 16.1 Å². The van der Waals surface area contributed by atoms with E-state index >= 15 is 0 Å². The molecule has 0 aromatic heterocycles. The topological polar surface area (TPSA) is 50.4 Å². The zero-order valence-corrected chi connectivity index (χ0v) is 9.83. The highest BCUT2D eigenvalue weighted by Gasteiger charge is 1.99. The number of carbonyl (C=O) groups excluding carboxylic acids is 1. The van der Waals surface area contributed by atoms with Gasteiger partial charge >= 0.3 is 0 Å². The fraction of sp³-hybridized carbons (Fsp3) is 0.417. The largest absolute Gasteiger partial charge is 0.383 e. The lowest BCUT2D eigenvalue weighted by Gasteiger charge is -2.06. The summed E-state index contributed by atoms with van der Waals surface area (Å²) in [6, 6.07) is 6.17. The molecule has 17 heavy (non-hydrogen) atoms. The Labute approximate surface area is 100 Å². The van der Waals surface area contributed by atoms with Crippen LogP contribution in [-0.4, -0.2) is 32.7 Å². The lowest BCUT2D eigenvalue weighted by atomic mass is 10.2. The maximum absolute atomic E-state index is 12.6. The van der Waals surface area contributed by atoms with Crippen LogP contribution in [0.25, 0.3) is 0 Å². The van der Waals surface area contributed by atoms with E-state index in [2.05, 4.69) is 10.6 Å². The highest BCUT2D eigenvalue weighted by Crippen LogP contribution is 2.01. The third-order valence-corrected chi connectivity index (χ3v) is 2.16. The molecule has 1 aromatic carbocycles. The maximum atomic E-state index is 12.6. The third kappa shape index (κ3) is 5.99. The standard InChI is InChI=1S/C12H17FN2O2/c1-17-7-6-15-12(16)9-14-8-10-2-4-11(13)5-3-10/h2-5,14H,6-9H2,1H3,(H,15,16). The molecule has 0 spiro atoms. The Balaban J connectivity index is 2.14. The van der Waals surface area contributed by atoms with Gasteiger partial charge in [-0.15, -0.1) is 0 Å². The van der Waals surface area contributed by atoms with Gasteiger partial charge in [-0.2, -0.15) is 0 Å². The van der Waals surface area contributed by atoms with E-state index in [1.54, 1.807) is 19.2 Å². The fourth-order valence-corrected chi connectivity index (χ4v) is 1.28. The van der Waals surface area contributed by atoms with Crippen LogP contribution in [0.3, 0.4) is 0 Å². The first-order valence-electron chi connectivity index (χ1n) is 5.43. The van der Waals surface area contributed by atoms with Crippen molar-refractivity contribution in [3.63, 3.8) is 0 Å². The predicted octanol–water partition coefficient (Wildman–Crippen LogP) is 0.678. The summed E-state index contributed by atoms with van der Waals surface area (Å²) in [5.41, 5.74) is 0.941. The molecule has 0 bridgehead atoms. The molecular weight excluding hydrogens is 223 g/mol. The number of amides is 1. The summed E-state index contributed by atoms with van der Waals surface area (Å²) in [4.78, 5) is 11.3. The summed E-state index contributed by atoms with van der Waals surface area (Å²) in [6.07, 6.45) is 0. The molecule has 2 N–H and O–H groups in total. The normalized spacial score (nSPS) is 10.2. The van der Waals surface area contributed by atoms with Gasteiger partial charge in [-0.1, -0.05) is 12.1 Å². The first kappa shape index (κ1) is 13.6. The van der Waals surface area contributed by atoms with E-state index in [-0.39, 0.29) is 18.3 Å². The lowest BCUT2D eigenvalue weighted by Crippen LogP contribution is -2.35. The van der Waals surface area contributed by atoms with Crippen LogP contribution < -0.4 is 10.6 Å². The minimum absolute atomic E-state index is 0.0795. The van der Waals surface area contributed by atoms with Crippen molar-refractivity contribution < 1.29 is 13.9 Å². The highest BCUT2D eigenvalue weighted by atomic mass is 19.1. The molecule has 0 saturated carbocycles. The van der Waals surface area contributed by atoms with Gasteiger partial charge in [0.15, 0.2) is 0 Å². The van der Waals surface area contributed by atoms with E-state index in [4.69, 9.17) is 4.74 Å². The number of nitrogens with one attached hydrogen (secondary N) is 2. The Morgan fingerprint density at radius 2 is 2.06 bits per heavy atom. The van der Waals surface area contributed by atoms with Crippen LogP contribution in [0.1, 0.15) is 5.56 Å². The van der Waals surface area contributed by atoms with Crippen LogP contribution in [0.2, 0.25) is 0 Å². The van der Waals surface area contributed by atoms with Gasteiger partial charge in [0.25, 0.3) is 0 Å². The first-order chi connectivity index (χ1) is 8.22. The molecule has 0 saturated heterocycles. The van der Waals surface area contributed by atoms with E-state index in [1.807, 2.05) is 0 Å². The smallest absolute Gasteiger partial charge is 0.234 e. The molecule has 0 heterocycles. The molecule has 0 fully saturated rings. The van der Waals surface area contributed by atoms with Crippen molar-refractivity contribution in [1.29, 1.82) is 0 Å². The molecule has 1 aromatic rings. The Bertz CT molecular complexity index is 341. The van der Waals surface area contributed by atoms with Crippen LogP contribution >= 0.6 is 0 Å². The molecule has 0 aliphatic rings. The Morgan fingerprint density at radius 3 is 2.71 bits per heavy atom. The van der Waals surface area contributed by atoms with Gasteiger partial charge in [-0.3, -0.25) is 4.79 Å². The van der Waals surface area contributed by atoms with Crippen molar-refractivity contribution >= 4 is 5.91 Å². The lowest BCUT2D eigenvalue weighted by molar-refractivity contribution is -0.120. The molecule has 5 heteroatoms. The average molecular weight is 240 g/mol. The summed E-state index contributed by atoms with van der Waals surface area (Å²) in [7, 11) is 1.58. The van der Waals surface area contributed by atoms with E-state index in [0.29, 0.717) is 19.7 Å². The summed E-state index contributed by atoms with van der Waals surface area (Å²) in [5, 5.41) is 5.67. The fourth-order valence-electron chi connectivity index (χ4n) is 1.28. The van der Waals surface area contributed by atoms with E-state index in [9.17, 15) is 9.18 Å². The molecule has 0 radical (unpaired) electrons. The number of carbonyl (C=O) groups is 1. The quantitative estimate of drug-likeness (QED) is 0.689. The number of ether oxygens (including phenoxy) is 1. The zero-order chi connectivity index (χ0) is 12.5. The number of methoxy groups -OCH3 is 1. The van der Waals surface area contributed by atoms with Crippen molar-refractivity contribution in [2.45, 2.75) is 6.54 Å². The molecule has 1 rings (SSSR count). The molecule has 1 amide bonds. The number of benzene rings is 1. The van der Waals surface area contributed by atoms with Gasteiger partial charge in [-0.05, 0) is 17.7 Å². The minimum atomic E-state index is -0.258. The monoisotopic (exact) mass is 240 g/mol. The number of rotatable bonds is 7. The van der Waals surface area contributed by atoms with Gasteiger partial charge < -0.3 is 15.4 Å². The van der Waals surface area contributed by atoms with Crippen molar-refractivity contribution in [3.8, 4) is 0 Å². The van der Waals surface area contributed by atoms with Gasteiger partial charge in [0.1, 0.15) is 5.82 Å². The molecule has 0 aliphatic carbocycles. The zero-order valence-electron chi connectivity index (χ0n) is 9.83. The van der Waals surface area contributed by atoms with Gasteiger partial charge in [-0.25, -0.2) is 4.39 Å². The molecule has 0 aliphatic heterocycles. The van der Waals surface area contributed by atoms with Crippen LogP contribution in [0.5, 0.6) is 0 Å². The van der Waals surface area contributed by atoms with Crippen molar-refractivity contribution in [2.24, 2.45) is 0 Å². The van der Waals surface area contributed by atoms with Crippen molar-refractivity contribution in [2.75, 3.05) is 26.8 Å². The van der Waals surface area contributed by atoms with Crippen LogP contribution in [0.4, 0.5) is 4.39 Å². The second-order valence-corrected chi connectivity index (χ2v) is 3.57.